The lowest BCUT2D eigenvalue weighted by Crippen LogP contribution is -2.37. The van der Waals surface area contributed by atoms with Crippen molar-refractivity contribution in [1.29, 1.82) is 0 Å². The molecule has 7 nitrogen and oxygen atoms in total. The molecule has 1 atom stereocenters. The number of carbonyl (C=O) groups is 1. The highest BCUT2D eigenvalue weighted by Crippen LogP contribution is 2.32. The predicted octanol–water partition coefficient (Wildman–Crippen LogP) is 3.53. The number of rotatable bonds is 4. The molecule has 0 saturated carbocycles. The van der Waals surface area contributed by atoms with Crippen LogP contribution < -0.4 is 15.0 Å². The molecule has 0 spiro atoms. The summed E-state index contributed by atoms with van der Waals surface area (Å²) < 4.78 is 16.5. The summed E-state index contributed by atoms with van der Waals surface area (Å²) in [6.45, 7) is -0.103. The van der Waals surface area contributed by atoms with E-state index in [2.05, 4.69) is 9.97 Å². The van der Waals surface area contributed by atoms with Crippen molar-refractivity contribution in [3.63, 3.8) is 0 Å². The number of H-pyrrole nitrogens is 1. The molecular formula is C22H16N2O5S. The summed E-state index contributed by atoms with van der Waals surface area (Å²) in [7, 11) is 0. The number of hydrogen-bond acceptors (Lipinski definition) is 7. The number of aromatic nitrogens is 2. The molecule has 0 radical (unpaired) electrons. The number of nitrogens with one attached hydrogen (secondary N) is 1. The van der Waals surface area contributed by atoms with Gasteiger partial charge in [0.25, 0.3) is 5.56 Å². The Morgan fingerprint density at radius 2 is 1.90 bits per heavy atom. The third kappa shape index (κ3) is 3.42. The van der Waals surface area contributed by atoms with Gasteiger partial charge in [-0.05, 0) is 17.7 Å². The van der Waals surface area contributed by atoms with Crippen LogP contribution in [0.5, 0.6) is 11.5 Å². The molecule has 1 aliphatic rings. The van der Waals surface area contributed by atoms with Gasteiger partial charge in [-0.15, -0.1) is 11.3 Å². The fourth-order valence-corrected chi connectivity index (χ4v) is 4.23. The molecule has 2 aromatic carbocycles. The van der Waals surface area contributed by atoms with Crippen LogP contribution in [0.1, 0.15) is 5.82 Å². The molecule has 0 aliphatic carbocycles. The van der Waals surface area contributed by atoms with Crippen LogP contribution in [-0.4, -0.2) is 28.6 Å². The van der Waals surface area contributed by atoms with Crippen LogP contribution in [0.25, 0.3) is 21.3 Å². The van der Waals surface area contributed by atoms with Crippen LogP contribution in [0.2, 0.25) is 0 Å². The van der Waals surface area contributed by atoms with Crippen molar-refractivity contribution >= 4 is 27.5 Å². The van der Waals surface area contributed by atoms with Gasteiger partial charge in [-0.25, -0.2) is 9.78 Å². The fraction of sp³-hybridized carbons (Fsp3) is 0.136. The summed E-state index contributed by atoms with van der Waals surface area (Å²) in [5.41, 5.74) is 1.52. The van der Waals surface area contributed by atoms with E-state index in [1.54, 1.807) is 18.2 Å². The molecule has 0 amide bonds. The summed E-state index contributed by atoms with van der Waals surface area (Å²) in [4.78, 5) is 32.8. The smallest absolute Gasteiger partial charge is 0.351 e. The van der Waals surface area contributed by atoms with Gasteiger partial charge in [0.05, 0.1) is 5.39 Å². The van der Waals surface area contributed by atoms with Crippen molar-refractivity contribution in [2.24, 2.45) is 0 Å². The SMILES string of the molecule is O=C(OCc1nc2scc(-c3ccccc3)c2c(=O)[nH]1)[C@H]1COc2ccccc2O1. The van der Waals surface area contributed by atoms with Gasteiger partial charge in [-0.3, -0.25) is 4.79 Å². The van der Waals surface area contributed by atoms with Crippen LogP contribution in [0.4, 0.5) is 0 Å². The van der Waals surface area contributed by atoms with Crippen molar-refractivity contribution in [1.82, 2.24) is 9.97 Å². The van der Waals surface area contributed by atoms with Crippen LogP contribution in [0, 0.1) is 0 Å². The molecular weight excluding hydrogens is 404 g/mol. The first-order valence-corrected chi connectivity index (χ1v) is 10.2. The fourth-order valence-electron chi connectivity index (χ4n) is 3.26. The number of hydrogen-bond donors (Lipinski definition) is 1. The summed E-state index contributed by atoms with van der Waals surface area (Å²) in [6, 6.07) is 16.8. The van der Waals surface area contributed by atoms with Gasteiger partial charge >= 0.3 is 5.97 Å². The predicted molar refractivity (Wildman–Crippen MR) is 112 cm³/mol. The maximum Gasteiger partial charge on any atom is 0.351 e. The van der Waals surface area contributed by atoms with E-state index in [9.17, 15) is 9.59 Å². The minimum atomic E-state index is -0.873. The molecule has 0 fully saturated rings. The molecule has 5 rings (SSSR count). The number of aromatic amines is 1. The second-order valence-electron chi connectivity index (χ2n) is 6.68. The average molecular weight is 420 g/mol. The number of para-hydroxylation sites is 2. The molecule has 150 valence electrons. The molecule has 2 aromatic heterocycles. The van der Waals surface area contributed by atoms with Gasteiger partial charge in [-0.2, -0.15) is 0 Å². The lowest BCUT2D eigenvalue weighted by atomic mass is 10.1. The number of fused-ring (bicyclic) bond motifs is 2. The van der Waals surface area contributed by atoms with E-state index in [0.29, 0.717) is 21.7 Å². The third-order valence-electron chi connectivity index (χ3n) is 4.70. The number of benzene rings is 2. The van der Waals surface area contributed by atoms with Crippen LogP contribution in [-0.2, 0) is 16.1 Å². The minimum absolute atomic E-state index is 0.0597. The first-order chi connectivity index (χ1) is 14.7. The zero-order valence-electron chi connectivity index (χ0n) is 15.7. The quantitative estimate of drug-likeness (QED) is 0.508. The normalized spacial score (nSPS) is 15.1. The van der Waals surface area contributed by atoms with Gasteiger partial charge in [-0.1, -0.05) is 42.5 Å². The van der Waals surface area contributed by atoms with Crippen LogP contribution >= 0.6 is 11.3 Å². The topological polar surface area (TPSA) is 90.5 Å². The first kappa shape index (κ1) is 18.4. The highest BCUT2D eigenvalue weighted by Gasteiger charge is 2.29. The highest BCUT2D eigenvalue weighted by atomic mass is 32.1. The van der Waals surface area contributed by atoms with Gasteiger partial charge < -0.3 is 19.2 Å². The maximum absolute atomic E-state index is 12.7. The number of esters is 1. The Bertz CT molecular complexity index is 1280. The Morgan fingerprint density at radius 1 is 1.13 bits per heavy atom. The average Bonchev–Trinajstić information content (AvgIpc) is 3.22. The van der Waals surface area contributed by atoms with Gasteiger partial charge in [0.15, 0.2) is 11.5 Å². The highest BCUT2D eigenvalue weighted by molar-refractivity contribution is 7.17. The zero-order chi connectivity index (χ0) is 20.5. The molecule has 3 heterocycles. The molecule has 0 saturated heterocycles. The number of nitrogens with zero attached hydrogens (tertiary/aromatic N) is 1. The van der Waals surface area contributed by atoms with E-state index in [1.807, 2.05) is 41.8 Å². The van der Waals surface area contributed by atoms with E-state index in [1.165, 1.54) is 11.3 Å². The third-order valence-corrected chi connectivity index (χ3v) is 5.57. The molecule has 30 heavy (non-hydrogen) atoms. The summed E-state index contributed by atoms with van der Waals surface area (Å²) >= 11 is 1.38. The number of carbonyl (C=O) groups excluding carboxylic acids is 1. The van der Waals surface area contributed by atoms with Crippen molar-refractivity contribution in [2.45, 2.75) is 12.7 Å². The van der Waals surface area contributed by atoms with E-state index in [-0.39, 0.29) is 24.6 Å². The van der Waals surface area contributed by atoms with Crippen molar-refractivity contribution in [3.8, 4) is 22.6 Å². The summed E-state index contributed by atoms with van der Waals surface area (Å²) in [5, 5.41) is 2.43. The van der Waals surface area contributed by atoms with E-state index < -0.39 is 12.1 Å². The Morgan fingerprint density at radius 3 is 2.73 bits per heavy atom. The lowest BCUT2D eigenvalue weighted by molar-refractivity contribution is -0.156. The standard InChI is InChI=1S/C22H16N2O5S/c25-20-19-14(13-6-2-1-3-7-13)12-30-21(19)24-18(23-20)11-28-22(26)17-10-27-15-8-4-5-9-16(15)29-17/h1-9,12,17H,10-11H2,(H,23,24,25)/t17-/m1/s1. The van der Waals surface area contributed by atoms with Crippen LogP contribution in [0.15, 0.2) is 64.8 Å². The van der Waals surface area contributed by atoms with Crippen molar-refractivity contribution in [3.05, 3.63) is 76.2 Å². The largest absolute Gasteiger partial charge is 0.485 e. The summed E-state index contributed by atoms with van der Waals surface area (Å²) in [6.07, 6.45) is -0.873. The van der Waals surface area contributed by atoms with Crippen LogP contribution in [0.3, 0.4) is 0 Å². The maximum atomic E-state index is 12.7. The van der Waals surface area contributed by atoms with Gasteiger partial charge in [0.1, 0.15) is 23.9 Å². The lowest BCUT2D eigenvalue weighted by Gasteiger charge is -2.24. The van der Waals surface area contributed by atoms with Crippen molar-refractivity contribution in [2.75, 3.05) is 6.61 Å². The zero-order valence-corrected chi connectivity index (χ0v) is 16.5. The molecule has 0 bridgehead atoms. The van der Waals surface area contributed by atoms with Gasteiger partial charge in [0.2, 0.25) is 6.10 Å². The van der Waals surface area contributed by atoms with Crippen molar-refractivity contribution < 1.29 is 19.0 Å². The second kappa shape index (κ2) is 7.64. The Kier molecular flexibility index (Phi) is 4.68. The summed E-state index contributed by atoms with van der Waals surface area (Å²) in [5.74, 6) is 0.776. The molecule has 0 unspecified atom stereocenters. The molecule has 8 heteroatoms. The number of ether oxygens (including phenoxy) is 3. The minimum Gasteiger partial charge on any atom is -0.485 e. The molecule has 1 N–H and O–H groups in total. The monoisotopic (exact) mass is 420 g/mol. The Hall–Kier alpha value is -3.65. The number of thiophene rings is 1. The molecule has 4 aromatic rings. The van der Waals surface area contributed by atoms with E-state index >= 15 is 0 Å². The van der Waals surface area contributed by atoms with Gasteiger partial charge in [0, 0.05) is 10.9 Å². The second-order valence-corrected chi connectivity index (χ2v) is 7.54. The van der Waals surface area contributed by atoms with E-state index in [4.69, 9.17) is 14.2 Å². The molecule has 1 aliphatic heterocycles. The first-order valence-electron chi connectivity index (χ1n) is 9.30. The van der Waals surface area contributed by atoms with E-state index in [0.717, 1.165) is 11.1 Å². The Labute approximate surface area is 174 Å². The Balaban J connectivity index is 1.32.